The molecule has 2 heterocycles. The molecule has 2 aliphatic rings. The third-order valence-electron chi connectivity index (χ3n) is 5.21. The van der Waals surface area contributed by atoms with Crippen LogP contribution < -0.4 is 14.8 Å². The largest absolute Gasteiger partial charge is 0.493 e. The van der Waals surface area contributed by atoms with E-state index in [0.29, 0.717) is 28.4 Å². The first-order valence-electron chi connectivity index (χ1n) is 9.28. The number of carbonyl (C=O) groups is 3. The van der Waals surface area contributed by atoms with Crippen molar-refractivity contribution in [3.05, 3.63) is 52.5 Å². The van der Waals surface area contributed by atoms with E-state index in [9.17, 15) is 14.4 Å². The Bertz CT molecular complexity index is 1040. The summed E-state index contributed by atoms with van der Waals surface area (Å²) in [5, 5.41) is 3.14. The molecular formula is C21H19ClN2O6. The Morgan fingerprint density at radius 3 is 2.63 bits per heavy atom. The van der Waals surface area contributed by atoms with Crippen LogP contribution in [0.5, 0.6) is 11.5 Å². The molecule has 8 nitrogen and oxygen atoms in total. The van der Waals surface area contributed by atoms with E-state index in [1.807, 2.05) is 0 Å². The number of nitrogens with one attached hydrogen (secondary N) is 1. The van der Waals surface area contributed by atoms with Crippen molar-refractivity contribution in [2.75, 3.05) is 19.5 Å². The number of likely N-dealkylation sites (tertiary alicyclic amines) is 1. The predicted molar refractivity (Wildman–Crippen MR) is 108 cm³/mol. The lowest BCUT2D eigenvalue weighted by molar-refractivity contribution is -0.144. The third kappa shape index (κ3) is 3.23. The van der Waals surface area contributed by atoms with Crippen molar-refractivity contribution in [3.63, 3.8) is 0 Å². The lowest BCUT2D eigenvalue weighted by atomic mass is 10.1. The molecule has 0 aromatic heterocycles. The summed E-state index contributed by atoms with van der Waals surface area (Å²) >= 11 is 6.12. The Hall–Kier alpha value is -3.26. The van der Waals surface area contributed by atoms with Gasteiger partial charge in [-0.1, -0.05) is 23.7 Å². The van der Waals surface area contributed by atoms with Gasteiger partial charge in [-0.3, -0.25) is 14.5 Å². The fraction of sp³-hybridized carbons (Fsp3) is 0.286. The zero-order chi connectivity index (χ0) is 21.4. The van der Waals surface area contributed by atoms with Gasteiger partial charge in [-0.2, -0.15) is 0 Å². The molecule has 156 valence electrons. The minimum atomic E-state index is -1.02. The van der Waals surface area contributed by atoms with E-state index < -0.39 is 24.1 Å². The number of carbonyl (C=O) groups excluding carboxylic acids is 3. The number of hydrogen-bond acceptors (Lipinski definition) is 6. The molecule has 4 rings (SSSR count). The number of hydrogen-bond donors (Lipinski definition) is 1. The number of para-hydroxylation sites is 1. The number of rotatable bonds is 5. The maximum atomic E-state index is 12.9. The number of fused-ring (bicyclic) bond motifs is 1. The van der Waals surface area contributed by atoms with Gasteiger partial charge in [0.05, 0.1) is 24.9 Å². The second-order valence-electron chi connectivity index (χ2n) is 6.85. The molecule has 0 spiro atoms. The molecule has 1 saturated heterocycles. The monoisotopic (exact) mass is 430 g/mol. The lowest BCUT2D eigenvalue weighted by Crippen LogP contribution is -2.43. The van der Waals surface area contributed by atoms with Crippen molar-refractivity contribution in [2.45, 2.75) is 25.1 Å². The first kappa shape index (κ1) is 20.0. The number of methoxy groups -OCH3 is 2. The van der Waals surface area contributed by atoms with Gasteiger partial charge in [0.15, 0.2) is 11.5 Å². The normalized spacial score (nSPS) is 20.0. The first-order valence-corrected chi connectivity index (χ1v) is 9.66. The van der Waals surface area contributed by atoms with Crippen LogP contribution in [-0.2, 0) is 14.3 Å². The highest BCUT2D eigenvalue weighted by molar-refractivity contribution is 6.33. The van der Waals surface area contributed by atoms with Crippen molar-refractivity contribution in [1.82, 2.24) is 4.90 Å². The lowest BCUT2D eigenvalue weighted by Gasteiger charge is -2.29. The third-order valence-corrected chi connectivity index (χ3v) is 5.54. The van der Waals surface area contributed by atoms with Gasteiger partial charge >= 0.3 is 5.97 Å². The highest BCUT2D eigenvalue weighted by Crippen LogP contribution is 2.45. The van der Waals surface area contributed by atoms with E-state index in [0.717, 1.165) is 0 Å². The molecule has 2 atom stereocenters. The summed E-state index contributed by atoms with van der Waals surface area (Å²) in [6, 6.07) is 9.28. The Kier molecular flexibility index (Phi) is 5.26. The summed E-state index contributed by atoms with van der Waals surface area (Å²) in [6.45, 7) is 0. The van der Waals surface area contributed by atoms with Gasteiger partial charge in [0.2, 0.25) is 18.0 Å². The number of benzene rings is 2. The average Bonchev–Trinajstić information content (AvgIpc) is 3.28. The minimum Gasteiger partial charge on any atom is -0.493 e. The Labute approximate surface area is 177 Å². The highest BCUT2D eigenvalue weighted by Gasteiger charge is 2.47. The maximum Gasteiger partial charge on any atom is 0.344 e. The van der Waals surface area contributed by atoms with E-state index in [1.165, 1.54) is 19.1 Å². The van der Waals surface area contributed by atoms with E-state index >= 15 is 0 Å². The standard InChI is InChI=1S/C21H19ClN2O6/c1-28-15-9-7-11-17(18(15)29-2)21(27)30-20(11)24-14(8-10-16(24)25)19(26)23-13-6-4-3-5-12(13)22/h3-7,9,14,20H,8,10H2,1-2H3,(H,23,26)/t14-,20-/m0/s1. The van der Waals surface area contributed by atoms with E-state index in [-0.39, 0.29) is 23.6 Å². The number of esters is 1. The molecule has 2 aromatic carbocycles. The zero-order valence-corrected chi connectivity index (χ0v) is 17.1. The number of nitrogens with zero attached hydrogens (tertiary/aromatic N) is 1. The highest BCUT2D eigenvalue weighted by atomic mass is 35.5. The molecule has 9 heteroatoms. The molecule has 30 heavy (non-hydrogen) atoms. The molecule has 0 unspecified atom stereocenters. The summed E-state index contributed by atoms with van der Waals surface area (Å²) in [7, 11) is 2.88. The molecule has 1 fully saturated rings. The van der Waals surface area contributed by atoms with E-state index in [1.54, 1.807) is 36.4 Å². The quantitative estimate of drug-likeness (QED) is 0.732. The smallest absolute Gasteiger partial charge is 0.344 e. The molecule has 0 saturated carbocycles. The number of amides is 2. The van der Waals surface area contributed by atoms with Crippen LogP contribution in [-0.4, -0.2) is 42.9 Å². The Morgan fingerprint density at radius 1 is 1.17 bits per heavy atom. The molecule has 2 amide bonds. The second-order valence-corrected chi connectivity index (χ2v) is 7.25. The predicted octanol–water partition coefficient (Wildman–Crippen LogP) is 3.16. The van der Waals surface area contributed by atoms with Crippen LogP contribution in [0.2, 0.25) is 5.02 Å². The topological polar surface area (TPSA) is 94.2 Å². The molecule has 0 bridgehead atoms. The molecule has 2 aromatic rings. The second kappa shape index (κ2) is 7.87. The minimum absolute atomic E-state index is 0.164. The van der Waals surface area contributed by atoms with Crippen molar-refractivity contribution in [2.24, 2.45) is 0 Å². The van der Waals surface area contributed by atoms with Gasteiger partial charge in [0, 0.05) is 12.0 Å². The summed E-state index contributed by atoms with van der Waals surface area (Å²) < 4.78 is 16.1. The van der Waals surface area contributed by atoms with Crippen LogP contribution in [0.4, 0.5) is 5.69 Å². The summed E-state index contributed by atoms with van der Waals surface area (Å²) in [5.41, 5.74) is 1.08. The Balaban J connectivity index is 1.67. The summed E-state index contributed by atoms with van der Waals surface area (Å²) in [6.07, 6.45) is -0.562. The van der Waals surface area contributed by atoms with Gasteiger partial charge in [-0.25, -0.2) is 4.79 Å². The number of cyclic esters (lactones) is 1. The van der Waals surface area contributed by atoms with Crippen LogP contribution in [0.25, 0.3) is 0 Å². The fourth-order valence-electron chi connectivity index (χ4n) is 3.82. The van der Waals surface area contributed by atoms with Gasteiger partial charge in [0.25, 0.3) is 0 Å². The van der Waals surface area contributed by atoms with Crippen LogP contribution in [0, 0.1) is 0 Å². The van der Waals surface area contributed by atoms with Crippen LogP contribution in [0.3, 0.4) is 0 Å². The molecule has 2 aliphatic heterocycles. The summed E-state index contributed by atoms with van der Waals surface area (Å²) in [4.78, 5) is 39.5. The maximum absolute atomic E-state index is 12.9. The molecule has 0 radical (unpaired) electrons. The van der Waals surface area contributed by atoms with E-state index in [4.69, 9.17) is 25.8 Å². The zero-order valence-electron chi connectivity index (χ0n) is 16.3. The summed E-state index contributed by atoms with van der Waals surface area (Å²) in [5.74, 6) is -0.731. The van der Waals surface area contributed by atoms with Crippen molar-refractivity contribution < 1.29 is 28.6 Å². The Morgan fingerprint density at radius 2 is 1.93 bits per heavy atom. The molecular weight excluding hydrogens is 412 g/mol. The van der Waals surface area contributed by atoms with Gasteiger partial charge < -0.3 is 19.5 Å². The molecule has 0 aliphatic carbocycles. The number of halogens is 1. The van der Waals surface area contributed by atoms with Gasteiger partial charge in [-0.05, 0) is 30.7 Å². The van der Waals surface area contributed by atoms with Gasteiger partial charge in [0.1, 0.15) is 11.6 Å². The van der Waals surface area contributed by atoms with Crippen LogP contribution >= 0.6 is 11.6 Å². The van der Waals surface area contributed by atoms with Crippen molar-refractivity contribution >= 4 is 35.1 Å². The van der Waals surface area contributed by atoms with Crippen molar-refractivity contribution in [3.8, 4) is 11.5 Å². The average molecular weight is 431 g/mol. The van der Waals surface area contributed by atoms with E-state index in [2.05, 4.69) is 5.32 Å². The van der Waals surface area contributed by atoms with Crippen molar-refractivity contribution in [1.29, 1.82) is 0 Å². The fourth-order valence-corrected chi connectivity index (χ4v) is 4.00. The van der Waals surface area contributed by atoms with Crippen LogP contribution in [0.1, 0.15) is 35.0 Å². The number of anilines is 1. The SMILES string of the molecule is COc1ccc2c(c1OC)C(=O)O[C@@H]2N1C(=O)CC[C@H]1C(=O)Nc1ccccc1Cl. The first-order chi connectivity index (χ1) is 14.5. The number of ether oxygens (including phenoxy) is 3. The molecule has 1 N–H and O–H groups in total. The van der Waals surface area contributed by atoms with Gasteiger partial charge in [-0.15, -0.1) is 0 Å². The van der Waals surface area contributed by atoms with Crippen LogP contribution in [0.15, 0.2) is 36.4 Å².